The topological polar surface area (TPSA) is 38.7 Å². The molecule has 1 aromatic heterocycles. The molecular formula is C16H19BrO3S. The second-order valence-corrected chi connectivity index (χ2v) is 7.18. The first-order valence-electron chi connectivity index (χ1n) is 6.60. The monoisotopic (exact) mass is 370 g/mol. The lowest BCUT2D eigenvalue weighted by Gasteiger charge is -2.23. The highest BCUT2D eigenvalue weighted by Gasteiger charge is 2.23. The van der Waals surface area contributed by atoms with Gasteiger partial charge in [-0.25, -0.2) is 0 Å². The lowest BCUT2D eigenvalue weighted by Crippen LogP contribution is -2.29. The zero-order valence-electron chi connectivity index (χ0n) is 12.4. The third-order valence-corrected chi connectivity index (χ3v) is 4.91. The molecule has 0 aliphatic carbocycles. The van der Waals surface area contributed by atoms with Crippen LogP contribution in [0.4, 0.5) is 0 Å². The Labute approximate surface area is 137 Å². The van der Waals surface area contributed by atoms with E-state index in [1.165, 1.54) is 0 Å². The van der Waals surface area contributed by atoms with Gasteiger partial charge in [-0.05, 0) is 46.6 Å². The predicted molar refractivity (Wildman–Crippen MR) is 89.6 cm³/mol. The number of methoxy groups -OCH3 is 2. The molecule has 0 spiro atoms. The van der Waals surface area contributed by atoms with Gasteiger partial charge in [-0.2, -0.15) is 0 Å². The lowest BCUT2D eigenvalue weighted by molar-refractivity contribution is 0.0616. The summed E-state index contributed by atoms with van der Waals surface area (Å²) in [6.45, 7) is 1.86. The molecule has 2 rings (SSSR count). The summed E-state index contributed by atoms with van der Waals surface area (Å²) in [7, 11) is 3.23. The number of hydrogen-bond donors (Lipinski definition) is 1. The van der Waals surface area contributed by atoms with Gasteiger partial charge in [0.1, 0.15) is 0 Å². The standard InChI is InChI=1S/C16H19BrO3S/c1-16(18,9-13-7-12(17)10-21-13)8-11-4-5-14(19-2)15(6-11)20-3/h4-7,10,18H,8-9H2,1-3H3. The third kappa shape index (κ3) is 4.46. The minimum absolute atomic E-state index is 0.558. The number of benzene rings is 1. The van der Waals surface area contributed by atoms with Crippen molar-refractivity contribution in [2.75, 3.05) is 14.2 Å². The van der Waals surface area contributed by atoms with Crippen LogP contribution < -0.4 is 9.47 Å². The van der Waals surface area contributed by atoms with Gasteiger partial charge in [0.05, 0.1) is 19.8 Å². The van der Waals surface area contributed by atoms with Gasteiger partial charge in [-0.15, -0.1) is 11.3 Å². The first-order chi connectivity index (χ1) is 9.93. The Hall–Kier alpha value is -1.04. The van der Waals surface area contributed by atoms with Crippen LogP contribution in [0.1, 0.15) is 17.4 Å². The number of rotatable bonds is 6. The second-order valence-electron chi connectivity index (χ2n) is 5.27. The lowest BCUT2D eigenvalue weighted by atomic mass is 9.92. The molecule has 3 nitrogen and oxygen atoms in total. The highest BCUT2D eigenvalue weighted by atomic mass is 79.9. The maximum Gasteiger partial charge on any atom is 0.160 e. The van der Waals surface area contributed by atoms with E-state index in [4.69, 9.17) is 9.47 Å². The molecule has 1 aromatic carbocycles. The van der Waals surface area contributed by atoms with Crippen LogP contribution in [0.15, 0.2) is 34.1 Å². The van der Waals surface area contributed by atoms with Crippen molar-refractivity contribution in [2.45, 2.75) is 25.4 Å². The summed E-state index contributed by atoms with van der Waals surface area (Å²) in [5.74, 6) is 1.38. The Balaban J connectivity index is 2.12. The fraction of sp³-hybridized carbons (Fsp3) is 0.375. The molecule has 0 aliphatic rings. The smallest absolute Gasteiger partial charge is 0.160 e. The van der Waals surface area contributed by atoms with Gasteiger partial charge in [-0.1, -0.05) is 6.07 Å². The van der Waals surface area contributed by atoms with E-state index in [2.05, 4.69) is 15.9 Å². The third-order valence-electron chi connectivity index (χ3n) is 3.21. The van der Waals surface area contributed by atoms with Gasteiger partial charge < -0.3 is 14.6 Å². The van der Waals surface area contributed by atoms with Crippen molar-refractivity contribution < 1.29 is 14.6 Å². The van der Waals surface area contributed by atoms with Crippen LogP contribution in [-0.2, 0) is 12.8 Å². The molecule has 0 amide bonds. The molecule has 2 aromatic rings. The molecule has 0 saturated heterocycles. The van der Waals surface area contributed by atoms with Gasteiger partial charge in [-0.3, -0.25) is 0 Å². The zero-order chi connectivity index (χ0) is 15.5. The fourth-order valence-electron chi connectivity index (χ4n) is 2.31. The minimum atomic E-state index is -0.802. The molecule has 21 heavy (non-hydrogen) atoms. The van der Waals surface area contributed by atoms with Crippen molar-refractivity contribution in [3.05, 3.63) is 44.6 Å². The van der Waals surface area contributed by atoms with E-state index in [9.17, 15) is 5.11 Å². The van der Waals surface area contributed by atoms with Crippen molar-refractivity contribution in [1.82, 2.24) is 0 Å². The molecule has 0 saturated carbocycles. The Morgan fingerprint density at radius 2 is 1.86 bits per heavy atom. The van der Waals surface area contributed by atoms with E-state index in [1.807, 2.05) is 36.6 Å². The molecule has 114 valence electrons. The molecule has 0 radical (unpaired) electrons. The summed E-state index contributed by atoms with van der Waals surface area (Å²) in [6, 6.07) is 7.79. The largest absolute Gasteiger partial charge is 0.493 e. The number of aliphatic hydroxyl groups is 1. The van der Waals surface area contributed by atoms with Crippen LogP contribution in [0.5, 0.6) is 11.5 Å². The number of ether oxygens (including phenoxy) is 2. The average molecular weight is 371 g/mol. The van der Waals surface area contributed by atoms with E-state index in [0.717, 1.165) is 14.9 Å². The number of halogens is 1. The number of thiophene rings is 1. The van der Waals surface area contributed by atoms with Gasteiger partial charge in [0, 0.05) is 27.6 Å². The van der Waals surface area contributed by atoms with Crippen LogP contribution in [0.25, 0.3) is 0 Å². The zero-order valence-corrected chi connectivity index (χ0v) is 14.8. The highest BCUT2D eigenvalue weighted by Crippen LogP contribution is 2.30. The maximum atomic E-state index is 10.6. The maximum absolute atomic E-state index is 10.6. The van der Waals surface area contributed by atoms with Crippen LogP contribution in [0, 0.1) is 0 Å². The van der Waals surface area contributed by atoms with E-state index in [-0.39, 0.29) is 0 Å². The normalized spacial score (nSPS) is 13.8. The van der Waals surface area contributed by atoms with Gasteiger partial charge in [0.2, 0.25) is 0 Å². The molecule has 1 atom stereocenters. The quantitative estimate of drug-likeness (QED) is 0.832. The van der Waals surface area contributed by atoms with Gasteiger partial charge in [0.25, 0.3) is 0 Å². The fourth-order valence-corrected chi connectivity index (χ4v) is 3.94. The summed E-state index contributed by atoms with van der Waals surface area (Å²) in [5.41, 5.74) is 0.220. The van der Waals surface area contributed by atoms with Crippen LogP contribution in [0.3, 0.4) is 0 Å². The minimum Gasteiger partial charge on any atom is -0.493 e. The van der Waals surface area contributed by atoms with Crippen LogP contribution in [0.2, 0.25) is 0 Å². The predicted octanol–water partition coefficient (Wildman–Crippen LogP) is 4.06. The molecule has 0 aliphatic heterocycles. The van der Waals surface area contributed by atoms with Crippen LogP contribution in [-0.4, -0.2) is 24.9 Å². The van der Waals surface area contributed by atoms with E-state index in [1.54, 1.807) is 25.6 Å². The summed E-state index contributed by atoms with van der Waals surface area (Å²) in [6.07, 6.45) is 1.18. The highest BCUT2D eigenvalue weighted by molar-refractivity contribution is 9.10. The van der Waals surface area contributed by atoms with Gasteiger partial charge in [0.15, 0.2) is 11.5 Å². The van der Waals surface area contributed by atoms with Crippen molar-refractivity contribution in [2.24, 2.45) is 0 Å². The van der Waals surface area contributed by atoms with E-state index < -0.39 is 5.60 Å². The summed E-state index contributed by atoms with van der Waals surface area (Å²) in [5, 5.41) is 12.7. The summed E-state index contributed by atoms with van der Waals surface area (Å²) < 4.78 is 11.6. The Morgan fingerprint density at radius 3 is 2.43 bits per heavy atom. The van der Waals surface area contributed by atoms with Crippen molar-refractivity contribution >= 4 is 27.3 Å². The van der Waals surface area contributed by atoms with Crippen molar-refractivity contribution in [3.8, 4) is 11.5 Å². The molecule has 1 N–H and O–H groups in total. The SMILES string of the molecule is COc1ccc(CC(C)(O)Cc2cc(Br)cs2)cc1OC. The first-order valence-corrected chi connectivity index (χ1v) is 8.27. The molecule has 0 fully saturated rings. The first kappa shape index (κ1) is 16.3. The molecule has 1 unspecified atom stereocenters. The molecule has 5 heteroatoms. The van der Waals surface area contributed by atoms with Crippen LogP contribution >= 0.6 is 27.3 Å². The molecule has 0 bridgehead atoms. The van der Waals surface area contributed by atoms with E-state index >= 15 is 0 Å². The van der Waals surface area contributed by atoms with E-state index in [0.29, 0.717) is 24.3 Å². The average Bonchev–Trinajstić information content (AvgIpc) is 2.82. The van der Waals surface area contributed by atoms with Crippen molar-refractivity contribution in [1.29, 1.82) is 0 Å². The summed E-state index contributed by atoms with van der Waals surface area (Å²) >= 11 is 5.09. The molecule has 1 heterocycles. The van der Waals surface area contributed by atoms with Gasteiger partial charge >= 0.3 is 0 Å². The summed E-state index contributed by atoms with van der Waals surface area (Å²) in [4.78, 5) is 1.16. The second kappa shape index (κ2) is 6.81. The Kier molecular flexibility index (Phi) is 5.30. The number of hydrogen-bond acceptors (Lipinski definition) is 4. The Morgan fingerprint density at radius 1 is 1.14 bits per heavy atom. The Bertz CT molecular complexity index is 607. The van der Waals surface area contributed by atoms with Crippen molar-refractivity contribution in [3.63, 3.8) is 0 Å². The molecular weight excluding hydrogens is 352 g/mol.